The quantitative estimate of drug-likeness (QED) is 0.420. The van der Waals surface area contributed by atoms with E-state index in [1.807, 2.05) is 24.3 Å². The van der Waals surface area contributed by atoms with Crippen molar-refractivity contribution in [1.82, 2.24) is 0 Å². The topological polar surface area (TPSA) is 35.5 Å². The van der Waals surface area contributed by atoms with Crippen LogP contribution in [0.1, 0.15) is 5.56 Å². The van der Waals surface area contributed by atoms with Gasteiger partial charge in [-0.25, -0.2) is 4.79 Å². The van der Waals surface area contributed by atoms with Gasteiger partial charge in [0.25, 0.3) is 0 Å². The molecule has 3 heteroatoms. The molecule has 0 saturated heterocycles. The van der Waals surface area contributed by atoms with Crippen LogP contribution in [-0.4, -0.2) is 19.2 Å². The monoisotopic (exact) mass is 244 g/mol. The maximum absolute atomic E-state index is 11.3. The zero-order chi connectivity index (χ0) is 13.2. The number of rotatable bonds is 7. The van der Waals surface area contributed by atoms with Gasteiger partial charge >= 0.3 is 5.97 Å². The van der Waals surface area contributed by atoms with Gasteiger partial charge < -0.3 is 9.47 Å². The summed E-state index contributed by atoms with van der Waals surface area (Å²) in [6.07, 6.45) is 6.20. The van der Waals surface area contributed by atoms with Crippen molar-refractivity contribution in [2.45, 2.75) is 0 Å². The van der Waals surface area contributed by atoms with E-state index in [0.29, 0.717) is 12.4 Å². The maximum atomic E-state index is 11.3. The summed E-state index contributed by atoms with van der Waals surface area (Å²) in [5.74, 6) is 0.290. The molecule has 0 fully saturated rings. The summed E-state index contributed by atoms with van der Waals surface area (Å²) < 4.78 is 10.3. The first-order valence-corrected chi connectivity index (χ1v) is 5.56. The predicted molar refractivity (Wildman–Crippen MR) is 72.3 cm³/mol. The van der Waals surface area contributed by atoms with Crippen molar-refractivity contribution in [3.8, 4) is 5.75 Å². The fourth-order valence-corrected chi connectivity index (χ4v) is 1.25. The van der Waals surface area contributed by atoms with Crippen LogP contribution < -0.4 is 4.74 Å². The summed E-state index contributed by atoms with van der Waals surface area (Å²) >= 11 is 0. The van der Waals surface area contributed by atoms with Gasteiger partial charge in [0.15, 0.2) is 0 Å². The van der Waals surface area contributed by atoms with Crippen molar-refractivity contribution in [3.05, 3.63) is 61.2 Å². The first kappa shape index (κ1) is 13.8. The standard InChI is InChI=1S/C15H16O3/c1-3-11-17-14-8-6-5-7-13(14)9-10-15(16)18-12-4-2/h3-10H,1-2,11-12H2. The van der Waals surface area contributed by atoms with Crippen molar-refractivity contribution in [2.75, 3.05) is 13.2 Å². The average Bonchev–Trinajstić information content (AvgIpc) is 2.41. The summed E-state index contributed by atoms with van der Waals surface area (Å²) in [7, 11) is 0. The van der Waals surface area contributed by atoms with Crippen LogP contribution in [0.4, 0.5) is 0 Å². The number of ether oxygens (including phenoxy) is 2. The first-order chi connectivity index (χ1) is 8.77. The molecular weight excluding hydrogens is 228 g/mol. The summed E-state index contributed by atoms with van der Waals surface area (Å²) in [5.41, 5.74) is 0.815. The van der Waals surface area contributed by atoms with Crippen LogP contribution in [0.25, 0.3) is 6.08 Å². The van der Waals surface area contributed by atoms with Crippen LogP contribution in [0.5, 0.6) is 5.75 Å². The zero-order valence-electron chi connectivity index (χ0n) is 10.2. The summed E-state index contributed by atoms with van der Waals surface area (Å²) in [6, 6.07) is 7.43. The third-order valence-electron chi connectivity index (χ3n) is 2.02. The summed E-state index contributed by atoms with van der Waals surface area (Å²) in [5, 5.41) is 0. The predicted octanol–water partition coefficient (Wildman–Crippen LogP) is 2.99. The Hall–Kier alpha value is -2.29. The lowest BCUT2D eigenvalue weighted by molar-refractivity contribution is -0.136. The van der Waals surface area contributed by atoms with Gasteiger partial charge in [-0.3, -0.25) is 0 Å². The minimum absolute atomic E-state index is 0.206. The number of carbonyl (C=O) groups is 1. The van der Waals surface area contributed by atoms with E-state index in [0.717, 1.165) is 5.56 Å². The van der Waals surface area contributed by atoms with Gasteiger partial charge in [0.05, 0.1) is 0 Å². The van der Waals surface area contributed by atoms with Crippen LogP contribution in [0, 0.1) is 0 Å². The lowest BCUT2D eigenvalue weighted by Crippen LogP contribution is -2.00. The molecule has 0 amide bonds. The van der Waals surface area contributed by atoms with E-state index < -0.39 is 5.97 Å². The number of para-hydroxylation sites is 1. The molecule has 1 aromatic rings. The maximum Gasteiger partial charge on any atom is 0.331 e. The van der Waals surface area contributed by atoms with Gasteiger partial charge in [0, 0.05) is 11.6 Å². The van der Waals surface area contributed by atoms with Crippen LogP contribution in [0.3, 0.4) is 0 Å². The van der Waals surface area contributed by atoms with Crippen LogP contribution in [0.2, 0.25) is 0 Å². The second-order valence-electron chi connectivity index (χ2n) is 3.39. The van der Waals surface area contributed by atoms with E-state index >= 15 is 0 Å². The molecular formula is C15H16O3. The van der Waals surface area contributed by atoms with Crippen molar-refractivity contribution in [1.29, 1.82) is 0 Å². The van der Waals surface area contributed by atoms with Crippen LogP contribution in [-0.2, 0) is 9.53 Å². The second-order valence-corrected chi connectivity index (χ2v) is 3.39. The Morgan fingerprint density at radius 1 is 1.17 bits per heavy atom. The van der Waals surface area contributed by atoms with Crippen molar-refractivity contribution in [2.24, 2.45) is 0 Å². The molecule has 0 N–H and O–H groups in total. The van der Waals surface area contributed by atoms with Gasteiger partial charge in [0.2, 0.25) is 0 Å². The molecule has 18 heavy (non-hydrogen) atoms. The Bertz CT molecular complexity index is 447. The summed E-state index contributed by atoms with van der Waals surface area (Å²) in [6.45, 7) is 7.68. The first-order valence-electron chi connectivity index (χ1n) is 5.56. The molecule has 0 atom stereocenters. The minimum atomic E-state index is -0.409. The molecule has 1 rings (SSSR count). The van der Waals surface area contributed by atoms with E-state index in [-0.39, 0.29) is 6.61 Å². The highest BCUT2D eigenvalue weighted by Crippen LogP contribution is 2.19. The average molecular weight is 244 g/mol. The molecule has 0 saturated carbocycles. The lowest BCUT2D eigenvalue weighted by atomic mass is 10.2. The van der Waals surface area contributed by atoms with Crippen LogP contribution >= 0.6 is 0 Å². The largest absolute Gasteiger partial charge is 0.489 e. The van der Waals surface area contributed by atoms with Gasteiger partial charge in [0.1, 0.15) is 19.0 Å². The summed E-state index contributed by atoms with van der Waals surface area (Å²) in [4.78, 5) is 11.3. The fraction of sp³-hybridized carbons (Fsp3) is 0.133. The van der Waals surface area contributed by atoms with E-state index in [1.54, 1.807) is 12.2 Å². The number of benzene rings is 1. The molecule has 0 spiro atoms. The van der Waals surface area contributed by atoms with Gasteiger partial charge in [-0.15, -0.1) is 0 Å². The SMILES string of the molecule is C=CCOC(=O)C=Cc1ccccc1OCC=C. The number of hydrogen-bond donors (Lipinski definition) is 0. The highest BCUT2D eigenvalue weighted by Gasteiger charge is 2.00. The smallest absolute Gasteiger partial charge is 0.331 e. The number of hydrogen-bond acceptors (Lipinski definition) is 3. The normalized spacial score (nSPS) is 10.0. The molecule has 0 heterocycles. The Balaban J connectivity index is 2.70. The number of esters is 1. The molecule has 3 nitrogen and oxygen atoms in total. The van der Waals surface area contributed by atoms with Crippen LogP contribution in [0.15, 0.2) is 55.7 Å². The van der Waals surface area contributed by atoms with Gasteiger partial charge in [-0.2, -0.15) is 0 Å². The molecule has 0 unspecified atom stereocenters. The highest BCUT2D eigenvalue weighted by atomic mass is 16.5. The van der Waals surface area contributed by atoms with Gasteiger partial charge in [-0.1, -0.05) is 43.5 Å². The molecule has 0 bridgehead atoms. The molecule has 0 aliphatic heterocycles. The third kappa shape index (κ3) is 4.70. The van der Waals surface area contributed by atoms with Gasteiger partial charge in [-0.05, 0) is 12.1 Å². The van der Waals surface area contributed by atoms with E-state index in [2.05, 4.69) is 13.2 Å². The lowest BCUT2D eigenvalue weighted by Gasteiger charge is -2.06. The molecule has 94 valence electrons. The Kier molecular flexibility index (Phi) is 6.04. The molecule has 0 aliphatic rings. The Morgan fingerprint density at radius 2 is 1.89 bits per heavy atom. The van der Waals surface area contributed by atoms with Crippen molar-refractivity contribution >= 4 is 12.0 Å². The zero-order valence-corrected chi connectivity index (χ0v) is 10.2. The van der Waals surface area contributed by atoms with E-state index in [1.165, 1.54) is 12.2 Å². The molecule has 1 aromatic carbocycles. The Morgan fingerprint density at radius 3 is 2.61 bits per heavy atom. The highest BCUT2D eigenvalue weighted by molar-refractivity contribution is 5.87. The third-order valence-corrected chi connectivity index (χ3v) is 2.02. The Labute approximate surface area is 107 Å². The molecule has 0 aromatic heterocycles. The van der Waals surface area contributed by atoms with Crippen molar-refractivity contribution in [3.63, 3.8) is 0 Å². The van der Waals surface area contributed by atoms with E-state index in [9.17, 15) is 4.79 Å². The minimum Gasteiger partial charge on any atom is -0.489 e. The fourth-order valence-electron chi connectivity index (χ4n) is 1.25. The second kappa shape index (κ2) is 7.90. The molecule has 0 aliphatic carbocycles. The van der Waals surface area contributed by atoms with Crippen molar-refractivity contribution < 1.29 is 14.3 Å². The molecule has 0 radical (unpaired) electrons. The van der Waals surface area contributed by atoms with E-state index in [4.69, 9.17) is 9.47 Å². The number of carbonyl (C=O) groups excluding carboxylic acids is 1.